The minimum Gasteiger partial charge on any atom is -0.478 e. The lowest BCUT2D eigenvalue weighted by atomic mass is 10.0. The SMILES string of the molecule is Cc1ccc(Cl)c([C@@H](C)Oc2c(N)ncc3c(-c4cccc(NS(=O)(=O)CCC(F)(F)F)c4)coc23)c1Cl. The summed E-state index contributed by atoms with van der Waals surface area (Å²) in [5.41, 5.74) is 8.93. The second-order valence-corrected chi connectivity index (χ2v) is 11.2. The van der Waals surface area contributed by atoms with Crippen LogP contribution in [0.4, 0.5) is 24.7 Å². The van der Waals surface area contributed by atoms with Crippen LogP contribution in [0.25, 0.3) is 22.1 Å². The zero-order valence-electron chi connectivity index (χ0n) is 20.1. The van der Waals surface area contributed by atoms with Crippen molar-refractivity contribution in [2.24, 2.45) is 0 Å². The molecule has 7 nitrogen and oxygen atoms in total. The van der Waals surface area contributed by atoms with Crippen molar-refractivity contribution in [2.45, 2.75) is 32.5 Å². The predicted octanol–water partition coefficient (Wildman–Crippen LogP) is 7.53. The standard InChI is InChI=1S/C25H22Cl2F3N3O4S/c1-13-6-7-19(26)20(21(13)27)14(2)37-23-22-17(11-32-24(23)31)18(12-36-22)15-4-3-5-16(10-15)33-38(34,35)9-8-25(28,29)30/h3-7,10-12,14,33H,8-9H2,1-2H3,(H2,31,32)/t14-/m1/s1. The van der Waals surface area contributed by atoms with Gasteiger partial charge in [0.25, 0.3) is 0 Å². The van der Waals surface area contributed by atoms with Crippen LogP contribution in [0, 0.1) is 6.92 Å². The third-order valence-electron chi connectivity index (χ3n) is 5.72. The molecular weight excluding hydrogens is 566 g/mol. The van der Waals surface area contributed by atoms with E-state index in [0.29, 0.717) is 32.1 Å². The molecule has 3 N–H and O–H groups in total. The normalized spacial score (nSPS) is 13.0. The maximum Gasteiger partial charge on any atom is 0.390 e. The summed E-state index contributed by atoms with van der Waals surface area (Å²) >= 11 is 12.8. The number of benzene rings is 2. The summed E-state index contributed by atoms with van der Waals surface area (Å²) in [6, 6.07) is 9.65. The molecule has 0 saturated carbocycles. The highest BCUT2D eigenvalue weighted by Gasteiger charge is 2.30. The van der Waals surface area contributed by atoms with Crippen LogP contribution >= 0.6 is 23.2 Å². The molecule has 0 unspecified atom stereocenters. The molecule has 38 heavy (non-hydrogen) atoms. The fourth-order valence-electron chi connectivity index (χ4n) is 3.84. The van der Waals surface area contributed by atoms with Crippen molar-refractivity contribution in [1.29, 1.82) is 0 Å². The van der Waals surface area contributed by atoms with Crippen LogP contribution in [0.15, 0.2) is 53.3 Å². The first kappa shape index (κ1) is 27.9. The van der Waals surface area contributed by atoms with E-state index in [0.717, 1.165) is 5.56 Å². The van der Waals surface area contributed by atoms with Gasteiger partial charge in [0.15, 0.2) is 11.4 Å². The fourth-order valence-corrected chi connectivity index (χ4v) is 5.60. The lowest BCUT2D eigenvalue weighted by Gasteiger charge is -2.19. The number of nitrogens with zero attached hydrogens (tertiary/aromatic N) is 1. The Balaban J connectivity index is 1.65. The first-order valence-electron chi connectivity index (χ1n) is 11.2. The molecule has 0 spiro atoms. The van der Waals surface area contributed by atoms with Crippen LogP contribution in [-0.4, -0.2) is 25.3 Å². The monoisotopic (exact) mass is 587 g/mol. The Hall–Kier alpha value is -3.15. The quantitative estimate of drug-likeness (QED) is 0.220. The molecule has 0 aliphatic rings. The number of hydrogen-bond acceptors (Lipinski definition) is 6. The average molecular weight is 588 g/mol. The van der Waals surface area contributed by atoms with Crippen LogP contribution in [0.1, 0.15) is 30.6 Å². The largest absolute Gasteiger partial charge is 0.478 e. The van der Waals surface area contributed by atoms with Crippen molar-refractivity contribution in [3.05, 3.63) is 70.0 Å². The van der Waals surface area contributed by atoms with Gasteiger partial charge < -0.3 is 14.9 Å². The summed E-state index contributed by atoms with van der Waals surface area (Å²) in [4.78, 5) is 4.21. The maximum absolute atomic E-state index is 12.5. The Morgan fingerprint density at radius 3 is 2.66 bits per heavy atom. The van der Waals surface area contributed by atoms with Crippen molar-refractivity contribution >= 4 is 55.7 Å². The van der Waals surface area contributed by atoms with E-state index in [1.165, 1.54) is 24.6 Å². The molecule has 0 radical (unpaired) electrons. The van der Waals surface area contributed by atoms with E-state index in [2.05, 4.69) is 9.71 Å². The number of nitrogens with two attached hydrogens (primary N) is 1. The van der Waals surface area contributed by atoms with Gasteiger partial charge in [0.1, 0.15) is 6.10 Å². The van der Waals surface area contributed by atoms with Gasteiger partial charge >= 0.3 is 6.18 Å². The number of sulfonamides is 1. The number of rotatable bonds is 8. The molecule has 0 amide bonds. The number of aryl methyl sites for hydroxylation is 1. The predicted molar refractivity (Wildman–Crippen MR) is 142 cm³/mol. The van der Waals surface area contributed by atoms with E-state index in [9.17, 15) is 21.6 Å². The lowest BCUT2D eigenvalue weighted by Crippen LogP contribution is -2.21. The Morgan fingerprint density at radius 1 is 1.21 bits per heavy atom. The van der Waals surface area contributed by atoms with Gasteiger partial charge in [-0.2, -0.15) is 13.2 Å². The van der Waals surface area contributed by atoms with Crippen LogP contribution in [-0.2, 0) is 10.0 Å². The van der Waals surface area contributed by atoms with Gasteiger partial charge in [0.05, 0.1) is 28.8 Å². The molecule has 0 bridgehead atoms. The molecule has 0 aliphatic heterocycles. The first-order valence-corrected chi connectivity index (χ1v) is 13.6. The highest BCUT2D eigenvalue weighted by Crippen LogP contribution is 2.42. The van der Waals surface area contributed by atoms with Crippen LogP contribution in [0.5, 0.6) is 5.75 Å². The Bertz CT molecular complexity index is 1610. The van der Waals surface area contributed by atoms with Crippen molar-refractivity contribution in [2.75, 3.05) is 16.2 Å². The van der Waals surface area contributed by atoms with E-state index < -0.39 is 34.5 Å². The number of aromatic nitrogens is 1. The first-order chi connectivity index (χ1) is 17.8. The van der Waals surface area contributed by atoms with E-state index in [-0.39, 0.29) is 22.8 Å². The van der Waals surface area contributed by atoms with Gasteiger partial charge in [-0.1, -0.05) is 41.4 Å². The van der Waals surface area contributed by atoms with Crippen LogP contribution < -0.4 is 15.2 Å². The Morgan fingerprint density at radius 2 is 1.95 bits per heavy atom. The highest BCUT2D eigenvalue weighted by molar-refractivity contribution is 7.92. The zero-order valence-corrected chi connectivity index (χ0v) is 22.4. The summed E-state index contributed by atoms with van der Waals surface area (Å²) in [7, 11) is -4.22. The molecule has 0 fully saturated rings. The number of halogens is 5. The molecule has 2 aromatic heterocycles. The van der Waals surface area contributed by atoms with Gasteiger partial charge in [-0.25, -0.2) is 13.4 Å². The number of pyridine rings is 1. The number of hydrogen-bond donors (Lipinski definition) is 2. The minimum atomic E-state index is -4.59. The molecular formula is C25H22Cl2F3N3O4S. The van der Waals surface area contributed by atoms with Crippen molar-refractivity contribution in [1.82, 2.24) is 4.98 Å². The number of anilines is 2. The molecule has 2 heterocycles. The summed E-state index contributed by atoms with van der Waals surface area (Å²) in [5, 5.41) is 1.39. The van der Waals surface area contributed by atoms with Crippen LogP contribution in [0.3, 0.4) is 0 Å². The maximum atomic E-state index is 12.5. The van der Waals surface area contributed by atoms with E-state index in [4.69, 9.17) is 38.1 Å². The number of furan rings is 1. The van der Waals surface area contributed by atoms with Crippen molar-refractivity contribution in [3.63, 3.8) is 0 Å². The molecule has 2 aromatic carbocycles. The average Bonchev–Trinajstić information content (AvgIpc) is 3.26. The van der Waals surface area contributed by atoms with Gasteiger partial charge in [0, 0.05) is 28.0 Å². The Labute approximate surface area is 226 Å². The summed E-state index contributed by atoms with van der Waals surface area (Å²) in [6.45, 7) is 3.60. The topological polar surface area (TPSA) is 107 Å². The number of alkyl halides is 3. The molecule has 0 saturated heterocycles. The van der Waals surface area contributed by atoms with Crippen molar-refractivity contribution < 1.29 is 30.7 Å². The summed E-state index contributed by atoms with van der Waals surface area (Å²) in [5.74, 6) is -0.859. The molecule has 4 aromatic rings. The van der Waals surface area contributed by atoms with Gasteiger partial charge in [-0.3, -0.25) is 4.72 Å². The lowest BCUT2D eigenvalue weighted by molar-refractivity contribution is -0.129. The van der Waals surface area contributed by atoms with Gasteiger partial charge in [0.2, 0.25) is 15.8 Å². The smallest absolute Gasteiger partial charge is 0.390 e. The molecule has 202 valence electrons. The fraction of sp³-hybridized carbons (Fsp3) is 0.240. The molecule has 1 atom stereocenters. The molecule has 0 aliphatic carbocycles. The molecule has 13 heteroatoms. The van der Waals surface area contributed by atoms with Crippen LogP contribution in [0.2, 0.25) is 10.0 Å². The number of fused-ring (bicyclic) bond motifs is 1. The molecule has 4 rings (SSSR count). The number of ether oxygens (including phenoxy) is 1. The second-order valence-electron chi connectivity index (χ2n) is 8.58. The van der Waals surface area contributed by atoms with E-state index in [1.54, 1.807) is 31.2 Å². The summed E-state index contributed by atoms with van der Waals surface area (Å²) < 4.78 is 75.8. The number of nitrogen functional groups attached to an aromatic ring is 1. The second kappa shape index (κ2) is 10.5. The third kappa shape index (κ3) is 6.11. The highest BCUT2D eigenvalue weighted by atomic mass is 35.5. The Kier molecular flexibility index (Phi) is 7.74. The van der Waals surface area contributed by atoms with Crippen molar-refractivity contribution in [3.8, 4) is 16.9 Å². The minimum absolute atomic E-state index is 0.0660. The van der Waals surface area contributed by atoms with E-state index >= 15 is 0 Å². The van der Waals surface area contributed by atoms with Gasteiger partial charge in [-0.05, 0) is 43.2 Å². The van der Waals surface area contributed by atoms with Gasteiger partial charge in [-0.15, -0.1) is 0 Å². The zero-order chi connectivity index (χ0) is 27.8. The third-order valence-corrected chi connectivity index (χ3v) is 7.84. The summed E-state index contributed by atoms with van der Waals surface area (Å²) in [6.07, 6.45) is -3.76. The number of nitrogens with one attached hydrogen (secondary N) is 1. The van der Waals surface area contributed by atoms with E-state index in [1.807, 2.05) is 6.92 Å².